The van der Waals surface area contributed by atoms with Crippen LogP contribution in [0.25, 0.3) is 0 Å². The Hall–Kier alpha value is -2.38. The molecule has 0 unspecified atom stereocenters. The summed E-state index contributed by atoms with van der Waals surface area (Å²) < 4.78 is 4.93. The van der Waals surface area contributed by atoms with Gasteiger partial charge in [0.15, 0.2) is 0 Å². The number of carbonyl (C=O) groups is 2. The van der Waals surface area contributed by atoms with Crippen LogP contribution >= 0.6 is 11.3 Å². The predicted molar refractivity (Wildman–Crippen MR) is 118 cm³/mol. The number of hydrogen-bond acceptors (Lipinski definition) is 6. The molecule has 7 heteroatoms. The van der Waals surface area contributed by atoms with Gasteiger partial charge >= 0.3 is 5.97 Å². The Labute approximate surface area is 176 Å². The summed E-state index contributed by atoms with van der Waals surface area (Å²) in [6.45, 7) is 9.86. The Kier molecular flexibility index (Phi) is 6.92. The minimum atomic E-state index is -0.395. The van der Waals surface area contributed by atoms with E-state index < -0.39 is 5.97 Å². The first-order valence-electron chi connectivity index (χ1n) is 9.98. The van der Waals surface area contributed by atoms with Gasteiger partial charge in [-0.25, -0.2) is 4.79 Å². The Bertz CT molecular complexity index is 885. The molecule has 3 rings (SSSR count). The van der Waals surface area contributed by atoms with Crippen LogP contribution < -0.4 is 10.2 Å². The van der Waals surface area contributed by atoms with E-state index >= 15 is 0 Å². The van der Waals surface area contributed by atoms with Crippen LogP contribution in [0, 0.1) is 13.8 Å². The largest absolute Gasteiger partial charge is 0.465 e. The van der Waals surface area contributed by atoms with Crippen LogP contribution in [0.4, 0.5) is 10.7 Å². The molecule has 0 saturated carbocycles. The quantitative estimate of drug-likeness (QED) is 0.732. The van der Waals surface area contributed by atoms with Gasteiger partial charge in [-0.2, -0.15) is 0 Å². The number of nitrogens with one attached hydrogen (secondary N) is 1. The highest BCUT2D eigenvalue weighted by Crippen LogP contribution is 2.34. The number of thiophene rings is 1. The zero-order valence-corrected chi connectivity index (χ0v) is 18.4. The smallest absolute Gasteiger partial charge is 0.341 e. The molecule has 1 aliphatic heterocycles. The predicted octanol–water partition coefficient (Wildman–Crippen LogP) is 3.47. The van der Waals surface area contributed by atoms with Gasteiger partial charge in [0.05, 0.1) is 19.2 Å². The number of para-hydroxylation sites is 1. The van der Waals surface area contributed by atoms with Crippen molar-refractivity contribution in [3.8, 4) is 0 Å². The Morgan fingerprint density at radius 1 is 1.14 bits per heavy atom. The number of methoxy groups -OCH3 is 1. The first-order valence-corrected chi connectivity index (χ1v) is 10.8. The number of anilines is 2. The molecule has 1 fully saturated rings. The van der Waals surface area contributed by atoms with Crippen LogP contribution in [0.3, 0.4) is 0 Å². The fourth-order valence-corrected chi connectivity index (χ4v) is 4.99. The highest BCUT2D eigenvalue weighted by Gasteiger charge is 2.24. The summed E-state index contributed by atoms with van der Waals surface area (Å²) in [5, 5.41) is 3.54. The lowest BCUT2D eigenvalue weighted by molar-refractivity contribution is -0.117. The third kappa shape index (κ3) is 4.79. The van der Waals surface area contributed by atoms with E-state index in [0.29, 0.717) is 17.1 Å². The lowest BCUT2D eigenvalue weighted by Gasteiger charge is -2.36. The van der Waals surface area contributed by atoms with Crippen molar-refractivity contribution in [3.05, 3.63) is 45.8 Å². The third-order valence-corrected chi connectivity index (χ3v) is 6.46. The first kappa shape index (κ1) is 21.3. The van der Waals surface area contributed by atoms with Crippen molar-refractivity contribution in [2.45, 2.75) is 27.2 Å². The van der Waals surface area contributed by atoms with E-state index in [9.17, 15) is 9.59 Å². The molecule has 29 heavy (non-hydrogen) atoms. The van der Waals surface area contributed by atoms with Gasteiger partial charge in [0.25, 0.3) is 0 Å². The second-order valence-electron chi connectivity index (χ2n) is 7.28. The average Bonchev–Trinajstić information content (AvgIpc) is 3.03. The van der Waals surface area contributed by atoms with E-state index in [1.165, 1.54) is 29.7 Å². The fraction of sp³-hybridized carbons (Fsp3) is 0.455. The average molecular weight is 416 g/mol. The number of amides is 1. The molecule has 1 aromatic heterocycles. The molecular weight excluding hydrogens is 386 g/mol. The molecule has 1 amide bonds. The summed E-state index contributed by atoms with van der Waals surface area (Å²) in [5.74, 6) is -0.489. The lowest BCUT2D eigenvalue weighted by atomic mass is 10.1. The highest BCUT2D eigenvalue weighted by atomic mass is 32.1. The topological polar surface area (TPSA) is 61.9 Å². The van der Waals surface area contributed by atoms with E-state index in [-0.39, 0.29) is 5.91 Å². The van der Waals surface area contributed by atoms with Gasteiger partial charge in [-0.15, -0.1) is 11.3 Å². The van der Waals surface area contributed by atoms with Crippen molar-refractivity contribution in [1.29, 1.82) is 0 Å². The van der Waals surface area contributed by atoms with Crippen LogP contribution in [-0.2, 0) is 16.0 Å². The number of nitrogens with zero attached hydrogens (tertiary/aromatic N) is 2. The first-order chi connectivity index (χ1) is 13.9. The second kappa shape index (κ2) is 9.41. The zero-order valence-electron chi connectivity index (χ0n) is 17.6. The maximum absolute atomic E-state index is 12.6. The van der Waals surface area contributed by atoms with Crippen molar-refractivity contribution in [2.24, 2.45) is 0 Å². The van der Waals surface area contributed by atoms with Crippen LogP contribution in [0.15, 0.2) is 24.3 Å². The number of carbonyl (C=O) groups excluding carboxylic acids is 2. The van der Waals surface area contributed by atoms with Crippen molar-refractivity contribution in [1.82, 2.24) is 4.90 Å². The van der Waals surface area contributed by atoms with Gasteiger partial charge in [0.1, 0.15) is 5.00 Å². The number of hydrogen-bond donors (Lipinski definition) is 1. The third-order valence-electron chi connectivity index (χ3n) is 5.40. The van der Waals surface area contributed by atoms with Crippen LogP contribution in [0.5, 0.6) is 0 Å². The van der Waals surface area contributed by atoms with Gasteiger partial charge in [-0.1, -0.05) is 25.1 Å². The van der Waals surface area contributed by atoms with Gasteiger partial charge in [-0.05, 0) is 37.5 Å². The van der Waals surface area contributed by atoms with Crippen LogP contribution in [-0.4, -0.2) is 56.6 Å². The zero-order chi connectivity index (χ0) is 21.0. The summed E-state index contributed by atoms with van der Waals surface area (Å²) in [5.41, 5.74) is 3.98. The molecular formula is C22H29N3O3S. The molecule has 1 aliphatic rings. The molecule has 1 N–H and O–H groups in total. The lowest BCUT2D eigenvalue weighted by Crippen LogP contribution is -2.48. The van der Waals surface area contributed by atoms with Gasteiger partial charge in [0, 0.05) is 36.7 Å². The summed E-state index contributed by atoms with van der Waals surface area (Å²) in [6.07, 6.45) is 0.726. The van der Waals surface area contributed by atoms with Crippen LogP contribution in [0.1, 0.15) is 33.3 Å². The van der Waals surface area contributed by atoms with Gasteiger partial charge < -0.3 is 15.0 Å². The summed E-state index contributed by atoms with van der Waals surface area (Å²) >= 11 is 1.44. The molecule has 0 aliphatic carbocycles. The fourth-order valence-electron chi connectivity index (χ4n) is 3.84. The van der Waals surface area contributed by atoms with Crippen molar-refractivity contribution < 1.29 is 14.3 Å². The molecule has 156 valence electrons. The van der Waals surface area contributed by atoms with Crippen molar-refractivity contribution in [3.63, 3.8) is 0 Å². The van der Waals surface area contributed by atoms with Gasteiger partial charge in [0.2, 0.25) is 5.91 Å². The molecule has 0 radical (unpaired) electrons. The standard InChI is InChI=1S/C22H29N3O3S/c1-5-17-16(3)29-21(20(17)22(27)28-4)23-19(26)14-24-10-12-25(13-11-24)18-9-7-6-8-15(18)2/h6-9H,5,10-14H2,1-4H3,(H,23,26). The molecule has 0 atom stereocenters. The van der Waals surface area contributed by atoms with Crippen molar-refractivity contribution >= 4 is 33.9 Å². The number of rotatable bonds is 6. The Balaban J connectivity index is 1.60. The summed E-state index contributed by atoms with van der Waals surface area (Å²) in [4.78, 5) is 30.4. The minimum absolute atomic E-state index is 0.0941. The van der Waals surface area contributed by atoms with Crippen LogP contribution in [0.2, 0.25) is 0 Å². The molecule has 0 spiro atoms. The van der Waals surface area contributed by atoms with E-state index in [0.717, 1.165) is 43.0 Å². The van der Waals surface area contributed by atoms with Gasteiger partial charge in [-0.3, -0.25) is 9.69 Å². The number of ether oxygens (including phenoxy) is 1. The molecule has 2 heterocycles. The number of aryl methyl sites for hydroxylation is 2. The molecule has 2 aromatic rings. The number of piperazine rings is 1. The van der Waals surface area contributed by atoms with E-state index in [1.807, 2.05) is 13.8 Å². The molecule has 1 aromatic carbocycles. The van der Waals surface area contributed by atoms with Crippen molar-refractivity contribution in [2.75, 3.05) is 50.1 Å². The van der Waals surface area contributed by atoms with E-state index in [2.05, 4.69) is 46.3 Å². The summed E-state index contributed by atoms with van der Waals surface area (Å²) in [7, 11) is 1.37. The molecule has 1 saturated heterocycles. The molecule has 6 nitrogen and oxygen atoms in total. The Morgan fingerprint density at radius 3 is 2.45 bits per heavy atom. The molecule has 0 bridgehead atoms. The maximum Gasteiger partial charge on any atom is 0.341 e. The number of esters is 1. The SMILES string of the molecule is CCc1c(C)sc(NC(=O)CN2CCN(c3ccccc3C)CC2)c1C(=O)OC. The normalized spacial score (nSPS) is 14.7. The second-order valence-corrected chi connectivity index (χ2v) is 8.51. The highest BCUT2D eigenvalue weighted by molar-refractivity contribution is 7.16. The summed E-state index contributed by atoms with van der Waals surface area (Å²) in [6, 6.07) is 8.39. The minimum Gasteiger partial charge on any atom is -0.465 e. The van der Waals surface area contributed by atoms with E-state index in [4.69, 9.17) is 4.74 Å². The maximum atomic E-state index is 12.6. The number of benzene rings is 1. The Morgan fingerprint density at radius 2 is 1.83 bits per heavy atom. The van der Waals surface area contributed by atoms with E-state index in [1.54, 1.807) is 0 Å². The monoisotopic (exact) mass is 415 g/mol.